The third-order valence-corrected chi connectivity index (χ3v) is 5.41. The van der Waals surface area contributed by atoms with Gasteiger partial charge in [-0.25, -0.2) is 9.79 Å². The minimum Gasteiger partial charge on any atom is -0.497 e. The summed E-state index contributed by atoms with van der Waals surface area (Å²) in [6, 6.07) is 19.8. The molecule has 0 fully saturated rings. The van der Waals surface area contributed by atoms with Crippen LogP contribution in [0.25, 0.3) is 11.1 Å². The van der Waals surface area contributed by atoms with E-state index in [-0.39, 0.29) is 18.2 Å². The molecule has 1 aliphatic heterocycles. The molecule has 0 amide bonds. The summed E-state index contributed by atoms with van der Waals surface area (Å²) in [4.78, 5) is 16.4. The van der Waals surface area contributed by atoms with Crippen molar-refractivity contribution in [2.45, 2.75) is 5.54 Å². The number of methoxy groups -OCH3 is 1. The first-order valence-electron chi connectivity index (χ1n) is 9.19. The van der Waals surface area contributed by atoms with Gasteiger partial charge in [-0.1, -0.05) is 41.9 Å². The zero-order chi connectivity index (χ0) is 21.3. The van der Waals surface area contributed by atoms with Crippen LogP contribution in [0.3, 0.4) is 0 Å². The highest BCUT2D eigenvalue weighted by atomic mass is 35.5. The van der Waals surface area contributed by atoms with Gasteiger partial charge in [-0.05, 0) is 58.7 Å². The summed E-state index contributed by atoms with van der Waals surface area (Å²) in [5, 5.41) is 10.3. The van der Waals surface area contributed by atoms with Crippen LogP contribution in [-0.4, -0.2) is 30.8 Å². The van der Waals surface area contributed by atoms with Crippen molar-refractivity contribution < 1.29 is 19.4 Å². The van der Waals surface area contributed by atoms with Gasteiger partial charge in [0.15, 0.2) is 5.54 Å². The average molecular weight is 423 g/mol. The molecular weight excluding hydrogens is 404 g/mol. The first kappa shape index (κ1) is 19.8. The lowest BCUT2D eigenvalue weighted by Crippen LogP contribution is -2.27. The number of ether oxygens (including phenoxy) is 2. The van der Waals surface area contributed by atoms with Crippen molar-refractivity contribution in [3.63, 3.8) is 0 Å². The lowest BCUT2D eigenvalue weighted by atomic mass is 9.83. The molecule has 0 aliphatic carbocycles. The van der Waals surface area contributed by atoms with Crippen molar-refractivity contribution >= 4 is 23.6 Å². The van der Waals surface area contributed by atoms with Gasteiger partial charge >= 0.3 is 5.97 Å². The van der Waals surface area contributed by atoms with E-state index in [4.69, 9.17) is 26.8 Å². The minimum atomic E-state index is -1.02. The predicted octanol–water partition coefficient (Wildman–Crippen LogP) is 4.30. The Bertz CT molecular complexity index is 1140. The quantitative estimate of drug-likeness (QED) is 0.639. The number of carboxylic acid groups (broad SMARTS) is 1. The number of nitrogens with two attached hydrogens (primary N) is 1. The molecule has 0 bridgehead atoms. The van der Waals surface area contributed by atoms with Crippen LogP contribution in [0, 0.1) is 0 Å². The molecule has 1 aliphatic rings. The predicted molar refractivity (Wildman–Crippen MR) is 115 cm³/mol. The van der Waals surface area contributed by atoms with E-state index < -0.39 is 11.5 Å². The first-order valence-corrected chi connectivity index (χ1v) is 9.57. The molecule has 0 spiro atoms. The van der Waals surface area contributed by atoms with Gasteiger partial charge in [-0.3, -0.25) is 0 Å². The molecule has 0 radical (unpaired) electrons. The molecule has 1 atom stereocenters. The molecule has 0 saturated carbocycles. The van der Waals surface area contributed by atoms with Crippen molar-refractivity contribution in [3.05, 3.63) is 88.4 Å². The van der Waals surface area contributed by atoms with Gasteiger partial charge in [0.1, 0.15) is 12.4 Å². The Morgan fingerprint density at radius 3 is 2.53 bits per heavy atom. The van der Waals surface area contributed by atoms with Crippen molar-refractivity contribution in [3.8, 4) is 16.9 Å². The molecule has 152 valence electrons. The molecule has 4 rings (SSSR count). The van der Waals surface area contributed by atoms with E-state index in [1.807, 2.05) is 36.4 Å². The largest absolute Gasteiger partial charge is 0.497 e. The number of benzene rings is 3. The van der Waals surface area contributed by atoms with E-state index in [0.717, 1.165) is 16.7 Å². The van der Waals surface area contributed by atoms with Gasteiger partial charge in [0.2, 0.25) is 0 Å². The van der Waals surface area contributed by atoms with Crippen LogP contribution >= 0.6 is 11.6 Å². The van der Waals surface area contributed by atoms with Crippen LogP contribution in [0.1, 0.15) is 21.5 Å². The zero-order valence-electron chi connectivity index (χ0n) is 16.1. The van der Waals surface area contributed by atoms with Crippen LogP contribution in [0.15, 0.2) is 71.7 Å². The summed E-state index contributed by atoms with van der Waals surface area (Å²) in [7, 11) is 1.54. The summed E-state index contributed by atoms with van der Waals surface area (Å²) in [6.45, 7) is 0.230. The molecule has 0 aromatic heterocycles. The van der Waals surface area contributed by atoms with E-state index in [1.54, 1.807) is 31.4 Å². The van der Waals surface area contributed by atoms with Gasteiger partial charge in [0, 0.05) is 5.02 Å². The number of halogens is 1. The van der Waals surface area contributed by atoms with E-state index in [2.05, 4.69) is 4.99 Å². The summed E-state index contributed by atoms with van der Waals surface area (Å²) in [6.07, 6.45) is 0. The van der Waals surface area contributed by atoms with Gasteiger partial charge in [0.25, 0.3) is 6.02 Å². The van der Waals surface area contributed by atoms with Crippen LogP contribution in [0.2, 0.25) is 5.02 Å². The molecule has 7 heteroatoms. The molecule has 3 N–H and O–H groups in total. The van der Waals surface area contributed by atoms with Crippen molar-refractivity contribution in [1.82, 2.24) is 0 Å². The van der Waals surface area contributed by atoms with Gasteiger partial charge in [-0.2, -0.15) is 0 Å². The number of carbonyl (C=O) groups is 1. The van der Waals surface area contributed by atoms with Crippen molar-refractivity contribution in [2.75, 3.05) is 13.7 Å². The second-order valence-corrected chi connectivity index (χ2v) is 7.34. The van der Waals surface area contributed by atoms with Crippen LogP contribution in [0.4, 0.5) is 0 Å². The maximum atomic E-state index is 11.8. The number of rotatable bonds is 5. The van der Waals surface area contributed by atoms with Crippen LogP contribution in [0.5, 0.6) is 5.75 Å². The Morgan fingerprint density at radius 1 is 1.13 bits per heavy atom. The second-order valence-electron chi connectivity index (χ2n) is 6.90. The smallest absolute Gasteiger partial charge is 0.336 e. The number of nitrogens with zero attached hydrogens (tertiary/aromatic N) is 1. The molecule has 3 aromatic carbocycles. The number of aromatic carboxylic acids is 1. The Hall–Kier alpha value is -3.51. The van der Waals surface area contributed by atoms with E-state index in [1.165, 1.54) is 6.07 Å². The molecule has 3 aromatic rings. The fourth-order valence-corrected chi connectivity index (χ4v) is 3.76. The third kappa shape index (κ3) is 3.46. The third-order valence-electron chi connectivity index (χ3n) is 5.16. The van der Waals surface area contributed by atoms with Gasteiger partial charge in [-0.15, -0.1) is 0 Å². The number of amidine groups is 1. The van der Waals surface area contributed by atoms with Crippen molar-refractivity contribution in [1.29, 1.82) is 0 Å². The van der Waals surface area contributed by atoms with Gasteiger partial charge in [0.05, 0.1) is 12.7 Å². The highest BCUT2D eigenvalue weighted by molar-refractivity contribution is 6.30. The zero-order valence-corrected chi connectivity index (χ0v) is 16.9. The summed E-state index contributed by atoms with van der Waals surface area (Å²) in [5.74, 6) is -0.448. The highest BCUT2D eigenvalue weighted by Crippen LogP contribution is 2.40. The number of carboxylic acids is 1. The number of hydrogen-bond donors (Lipinski definition) is 2. The average Bonchev–Trinajstić information content (AvgIpc) is 3.16. The lowest BCUT2D eigenvalue weighted by Gasteiger charge is -2.26. The highest BCUT2D eigenvalue weighted by Gasteiger charge is 2.40. The van der Waals surface area contributed by atoms with E-state index in [0.29, 0.717) is 16.3 Å². The minimum absolute atomic E-state index is 0.1000. The molecule has 1 heterocycles. The Kier molecular flexibility index (Phi) is 5.10. The first-order chi connectivity index (χ1) is 14.4. The molecular formula is C23H19ClN2O4. The van der Waals surface area contributed by atoms with E-state index >= 15 is 0 Å². The molecule has 30 heavy (non-hydrogen) atoms. The lowest BCUT2D eigenvalue weighted by molar-refractivity contribution is 0.0697. The SMILES string of the molecule is COc1ccc(C(=O)O)c(-c2cccc(C3(c4ccc(Cl)cc4)COC(N)=N3)c2)c1. The number of aliphatic imine (C=N–C) groups is 1. The Morgan fingerprint density at radius 2 is 1.90 bits per heavy atom. The topological polar surface area (TPSA) is 94.1 Å². The fraction of sp³-hybridized carbons (Fsp3) is 0.130. The Balaban J connectivity index is 1.89. The summed E-state index contributed by atoms with van der Waals surface area (Å²) < 4.78 is 10.8. The van der Waals surface area contributed by atoms with Crippen LogP contribution < -0.4 is 10.5 Å². The Labute approximate surface area is 178 Å². The summed E-state index contributed by atoms with van der Waals surface area (Å²) >= 11 is 6.06. The standard InChI is InChI=1S/C23H19ClN2O4/c1-29-18-9-10-19(21(27)28)20(12-18)14-3-2-4-16(11-14)23(13-30-22(25)26-23)15-5-7-17(24)8-6-15/h2-12H,13H2,1H3,(H2,25,26)(H,27,28). The van der Waals surface area contributed by atoms with Gasteiger partial charge < -0.3 is 20.3 Å². The number of hydrogen-bond acceptors (Lipinski definition) is 5. The summed E-state index contributed by atoms with van der Waals surface area (Å²) in [5.41, 5.74) is 8.16. The molecule has 0 saturated heterocycles. The monoisotopic (exact) mass is 422 g/mol. The second kappa shape index (κ2) is 7.72. The van der Waals surface area contributed by atoms with E-state index in [9.17, 15) is 9.90 Å². The molecule has 6 nitrogen and oxygen atoms in total. The fourth-order valence-electron chi connectivity index (χ4n) is 3.64. The van der Waals surface area contributed by atoms with Crippen molar-refractivity contribution in [2.24, 2.45) is 10.7 Å². The molecule has 1 unspecified atom stereocenters. The normalized spacial score (nSPS) is 17.9. The van der Waals surface area contributed by atoms with Crippen LogP contribution in [-0.2, 0) is 10.3 Å². The maximum Gasteiger partial charge on any atom is 0.336 e. The maximum absolute atomic E-state index is 11.8.